The number of hydrogen-bond donors (Lipinski definition) is 1. The molecule has 0 heterocycles. The van der Waals surface area contributed by atoms with Crippen molar-refractivity contribution < 1.29 is 18.3 Å². The number of rotatable bonds is 5. The fourth-order valence-electron chi connectivity index (χ4n) is 1.78. The van der Waals surface area contributed by atoms with Gasteiger partial charge in [0.2, 0.25) is 0 Å². The predicted molar refractivity (Wildman–Crippen MR) is 84.2 cm³/mol. The van der Waals surface area contributed by atoms with Gasteiger partial charge in [-0.15, -0.1) is 0 Å². The highest BCUT2D eigenvalue weighted by atomic mass is 35.5. The second-order valence-corrected chi connectivity index (χ2v) is 4.93. The summed E-state index contributed by atoms with van der Waals surface area (Å²) in [7, 11) is 0. The molecule has 1 amide bonds. The minimum Gasteiger partial charge on any atom is -0.435 e. The van der Waals surface area contributed by atoms with E-state index in [1.54, 1.807) is 43.3 Å². The largest absolute Gasteiger partial charge is 0.435 e. The Morgan fingerprint density at radius 1 is 1.17 bits per heavy atom. The fourth-order valence-corrected chi connectivity index (χ4v) is 2.00. The van der Waals surface area contributed by atoms with E-state index in [-0.39, 0.29) is 5.75 Å². The number of hydrazone groups is 1. The Morgan fingerprint density at radius 3 is 2.43 bits per heavy atom. The highest BCUT2D eigenvalue weighted by Crippen LogP contribution is 2.16. The number of nitrogens with zero attached hydrogens (tertiary/aromatic N) is 1. The van der Waals surface area contributed by atoms with Crippen molar-refractivity contribution in [1.82, 2.24) is 5.43 Å². The first-order chi connectivity index (χ1) is 11.0. The summed E-state index contributed by atoms with van der Waals surface area (Å²) in [4.78, 5) is 12.0. The number of nitrogens with one attached hydrogen (secondary N) is 1. The summed E-state index contributed by atoms with van der Waals surface area (Å²) in [5.41, 5.74) is 3.88. The van der Waals surface area contributed by atoms with E-state index in [0.717, 1.165) is 0 Å². The quantitative estimate of drug-likeness (QED) is 0.659. The normalized spacial score (nSPS) is 11.4. The Kier molecular flexibility index (Phi) is 5.65. The van der Waals surface area contributed by atoms with Crippen molar-refractivity contribution in [2.24, 2.45) is 5.10 Å². The molecule has 2 rings (SSSR count). The molecule has 0 aliphatic rings. The molecule has 0 fully saturated rings. The van der Waals surface area contributed by atoms with Gasteiger partial charge in [0.25, 0.3) is 5.91 Å². The SMILES string of the molecule is C/C(=N\NC(=O)c1ccccc1Cl)c1ccc(OC(F)F)cc1. The lowest BCUT2D eigenvalue weighted by atomic mass is 10.1. The maximum Gasteiger partial charge on any atom is 0.387 e. The van der Waals surface area contributed by atoms with E-state index in [1.165, 1.54) is 12.1 Å². The van der Waals surface area contributed by atoms with Crippen molar-refractivity contribution in [1.29, 1.82) is 0 Å². The monoisotopic (exact) mass is 338 g/mol. The highest BCUT2D eigenvalue weighted by molar-refractivity contribution is 6.33. The van der Waals surface area contributed by atoms with E-state index in [9.17, 15) is 13.6 Å². The lowest BCUT2D eigenvalue weighted by Crippen LogP contribution is -2.19. The van der Waals surface area contributed by atoms with Crippen LogP contribution in [-0.2, 0) is 0 Å². The third-order valence-electron chi connectivity index (χ3n) is 2.94. The van der Waals surface area contributed by atoms with Crippen LogP contribution in [0.5, 0.6) is 5.75 Å². The zero-order valence-corrected chi connectivity index (χ0v) is 12.8. The Bertz CT molecular complexity index is 718. The summed E-state index contributed by atoms with van der Waals surface area (Å²) in [6.45, 7) is -1.19. The number of alkyl halides is 2. The molecule has 2 aromatic carbocycles. The zero-order valence-electron chi connectivity index (χ0n) is 12.1. The molecule has 0 atom stereocenters. The molecular weight excluding hydrogens is 326 g/mol. The van der Waals surface area contributed by atoms with Crippen molar-refractivity contribution >= 4 is 23.2 Å². The maximum absolute atomic E-state index is 12.1. The molecule has 0 radical (unpaired) electrons. The molecule has 0 spiro atoms. The second-order valence-electron chi connectivity index (χ2n) is 4.52. The first-order valence-electron chi connectivity index (χ1n) is 6.62. The molecule has 120 valence electrons. The molecule has 23 heavy (non-hydrogen) atoms. The third kappa shape index (κ3) is 4.75. The minimum absolute atomic E-state index is 0.0525. The first-order valence-corrected chi connectivity index (χ1v) is 6.99. The van der Waals surface area contributed by atoms with E-state index in [1.807, 2.05) is 0 Å². The molecule has 4 nitrogen and oxygen atoms in total. The average molecular weight is 339 g/mol. The van der Waals surface area contributed by atoms with Crippen LogP contribution < -0.4 is 10.2 Å². The molecular formula is C16H13ClF2N2O2. The minimum atomic E-state index is -2.87. The van der Waals surface area contributed by atoms with E-state index in [0.29, 0.717) is 21.9 Å². The molecule has 1 N–H and O–H groups in total. The summed E-state index contributed by atoms with van der Waals surface area (Å²) in [5, 5.41) is 4.30. The third-order valence-corrected chi connectivity index (χ3v) is 3.27. The number of ether oxygens (including phenoxy) is 1. The van der Waals surface area contributed by atoms with E-state index in [4.69, 9.17) is 11.6 Å². The van der Waals surface area contributed by atoms with E-state index < -0.39 is 12.5 Å². The summed E-state index contributed by atoms with van der Waals surface area (Å²) in [6.07, 6.45) is 0. The first kappa shape index (κ1) is 16.9. The van der Waals surface area contributed by atoms with Gasteiger partial charge in [0.05, 0.1) is 16.3 Å². The molecule has 0 aromatic heterocycles. The molecule has 0 aliphatic carbocycles. The van der Waals surface area contributed by atoms with E-state index in [2.05, 4.69) is 15.3 Å². The van der Waals surface area contributed by atoms with Crippen LogP contribution in [0.15, 0.2) is 53.6 Å². The summed E-state index contributed by atoms with van der Waals surface area (Å²) in [5.74, 6) is -0.385. The smallest absolute Gasteiger partial charge is 0.387 e. The number of carbonyl (C=O) groups excluding carboxylic acids is 1. The highest BCUT2D eigenvalue weighted by Gasteiger charge is 2.09. The molecule has 0 aliphatic heterocycles. The van der Waals surface area contributed by atoms with Crippen LogP contribution in [0.25, 0.3) is 0 Å². The van der Waals surface area contributed by atoms with Gasteiger partial charge in [-0.05, 0) is 48.9 Å². The average Bonchev–Trinajstić information content (AvgIpc) is 2.53. The molecule has 2 aromatic rings. The van der Waals surface area contributed by atoms with E-state index >= 15 is 0 Å². The van der Waals surface area contributed by atoms with Gasteiger partial charge < -0.3 is 4.74 Å². The van der Waals surface area contributed by atoms with Crippen LogP contribution in [0.1, 0.15) is 22.8 Å². The van der Waals surface area contributed by atoms with Crippen LogP contribution in [0.2, 0.25) is 5.02 Å². The zero-order chi connectivity index (χ0) is 16.8. The Morgan fingerprint density at radius 2 is 1.83 bits per heavy atom. The van der Waals surface area contributed by atoms with Gasteiger partial charge in [-0.3, -0.25) is 4.79 Å². The maximum atomic E-state index is 12.1. The van der Waals surface area contributed by atoms with Gasteiger partial charge in [-0.2, -0.15) is 13.9 Å². The van der Waals surface area contributed by atoms with Gasteiger partial charge in [-0.1, -0.05) is 23.7 Å². The van der Waals surface area contributed by atoms with Crippen molar-refractivity contribution in [2.45, 2.75) is 13.5 Å². The molecule has 7 heteroatoms. The molecule has 0 unspecified atom stereocenters. The number of amides is 1. The molecule has 0 saturated heterocycles. The fraction of sp³-hybridized carbons (Fsp3) is 0.125. The second kappa shape index (κ2) is 7.69. The summed E-state index contributed by atoms with van der Waals surface area (Å²) >= 11 is 5.93. The van der Waals surface area contributed by atoms with Gasteiger partial charge in [0.1, 0.15) is 5.75 Å². The van der Waals surface area contributed by atoms with Crippen molar-refractivity contribution in [2.75, 3.05) is 0 Å². The Hall–Kier alpha value is -2.47. The molecule has 0 bridgehead atoms. The van der Waals surface area contributed by atoms with Gasteiger partial charge in [0, 0.05) is 0 Å². The van der Waals surface area contributed by atoms with Crippen molar-refractivity contribution in [3.63, 3.8) is 0 Å². The lowest BCUT2D eigenvalue weighted by Gasteiger charge is -2.06. The summed E-state index contributed by atoms with van der Waals surface area (Å²) < 4.78 is 28.4. The Labute approximate surface area is 136 Å². The predicted octanol–water partition coefficient (Wildman–Crippen LogP) is 4.10. The number of carbonyl (C=O) groups is 1. The van der Waals surface area contributed by atoms with Crippen molar-refractivity contribution in [3.8, 4) is 5.75 Å². The van der Waals surface area contributed by atoms with Crippen LogP contribution in [0, 0.1) is 0 Å². The standard InChI is InChI=1S/C16H13ClF2N2O2/c1-10(11-6-8-12(9-7-11)23-16(18)19)20-21-15(22)13-4-2-3-5-14(13)17/h2-9,16H,1H3,(H,21,22)/b20-10+. The lowest BCUT2D eigenvalue weighted by molar-refractivity contribution is -0.0498. The number of halogens is 3. The van der Waals surface area contributed by atoms with Crippen LogP contribution in [0.4, 0.5) is 8.78 Å². The van der Waals surface area contributed by atoms with Crippen LogP contribution in [-0.4, -0.2) is 18.2 Å². The van der Waals surface area contributed by atoms with Gasteiger partial charge >= 0.3 is 6.61 Å². The number of benzene rings is 2. The molecule has 0 saturated carbocycles. The topological polar surface area (TPSA) is 50.7 Å². The van der Waals surface area contributed by atoms with Gasteiger partial charge in [-0.25, -0.2) is 5.43 Å². The number of hydrogen-bond acceptors (Lipinski definition) is 3. The van der Waals surface area contributed by atoms with Gasteiger partial charge in [0.15, 0.2) is 0 Å². The Balaban J connectivity index is 2.05. The van der Waals surface area contributed by atoms with Crippen molar-refractivity contribution in [3.05, 3.63) is 64.7 Å². The summed E-state index contributed by atoms with van der Waals surface area (Å²) in [6, 6.07) is 12.5. The van der Waals surface area contributed by atoms with Crippen LogP contribution in [0.3, 0.4) is 0 Å². The van der Waals surface area contributed by atoms with Crippen LogP contribution >= 0.6 is 11.6 Å².